The molecule has 1 aromatic rings. The Labute approximate surface area is 112 Å². The van der Waals surface area contributed by atoms with Crippen LogP contribution in [0.2, 0.25) is 0 Å². The van der Waals surface area contributed by atoms with Gasteiger partial charge in [0.25, 0.3) is 0 Å². The summed E-state index contributed by atoms with van der Waals surface area (Å²) in [6.45, 7) is 2.68. The number of carbonyl (C=O) groups excluding carboxylic acids is 1. The Kier molecular flexibility index (Phi) is 3.85. The van der Waals surface area contributed by atoms with Gasteiger partial charge in [-0.15, -0.1) is 0 Å². The zero-order valence-corrected chi connectivity index (χ0v) is 10.9. The number of hydrogen-bond acceptors (Lipinski definition) is 3. The molecule has 3 N–H and O–H groups in total. The zero-order chi connectivity index (χ0) is 14.0. The molecule has 5 heteroatoms. The monoisotopic (exact) mass is 262 g/mol. The van der Waals surface area contributed by atoms with E-state index in [0.29, 0.717) is 25.1 Å². The van der Waals surface area contributed by atoms with E-state index in [4.69, 9.17) is 5.73 Å². The Morgan fingerprint density at radius 3 is 2.74 bits per heavy atom. The smallest absolute Gasteiger partial charge is 0.331 e. The van der Waals surface area contributed by atoms with Crippen LogP contribution < -0.4 is 5.73 Å². The summed E-state index contributed by atoms with van der Waals surface area (Å²) in [5.74, 6) is -1.08. The van der Waals surface area contributed by atoms with Crippen LogP contribution in [0.5, 0.6) is 0 Å². The molecule has 2 atom stereocenters. The number of hydrogen-bond donors (Lipinski definition) is 2. The highest BCUT2D eigenvalue weighted by atomic mass is 16.4. The second-order valence-electron chi connectivity index (χ2n) is 4.95. The maximum Gasteiger partial charge on any atom is 0.331 e. The van der Waals surface area contributed by atoms with Gasteiger partial charge in [0.15, 0.2) is 6.04 Å². The van der Waals surface area contributed by atoms with Crippen molar-refractivity contribution in [2.24, 2.45) is 11.7 Å². The van der Waals surface area contributed by atoms with E-state index < -0.39 is 12.0 Å². The van der Waals surface area contributed by atoms with Gasteiger partial charge >= 0.3 is 5.97 Å². The maximum atomic E-state index is 12.0. The van der Waals surface area contributed by atoms with Crippen molar-refractivity contribution in [2.75, 3.05) is 13.1 Å². The van der Waals surface area contributed by atoms with Crippen molar-refractivity contribution >= 4 is 11.9 Å². The fourth-order valence-corrected chi connectivity index (χ4v) is 2.54. The number of nitrogens with two attached hydrogens (primary N) is 1. The normalized spacial score (nSPS) is 20.6. The summed E-state index contributed by atoms with van der Waals surface area (Å²) in [5.41, 5.74) is 7.12. The molecule has 1 fully saturated rings. The van der Waals surface area contributed by atoms with Crippen molar-refractivity contribution in [2.45, 2.75) is 19.4 Å². The molecule has 1 amide bonds. The van der Waals surface area contributed by atoms with E-state index in [-0.39, 0.29) is 11.8 Å². The number of rotatable bonds is 4. The second kappa shape index (κ2) is 5.40. The van der Waals surface area contributed by atoms with E-state index in [2.05, 4.69) is 0 Å². The van der Waals surface area contributed by atoms with Crippen LogP contribution in [0.4, 0.5) is 0 Å². The van der Waals surface area contributed by atoms with Gasteiger partial charge < -0.3 is 15.7 Å². The predicted octanol–water partition coefficient (Wildman–Crippen LogP) is 0.928. The molecule has 1 saturated heterocycles. The summed E-state index contributed by atoms with van der Waals surface area (Å²) in [6, 6.07) is 6.35. The number of aliphatic carboxylic acids is 1. The van der Waals surface area contributed by atoms with Crippen molar-refractivity contribution in [3.63, 3.8) is 0 Å². The van der Waals surface area contributed by atoms with Crippen molar-refractivity contribution in [1.29, 1.82) is 0 Å². The van der Waals surface area contributed by atoms with Gasteiger partial charge in [0.1, 0.15) is 0 Å². The lowest BCUT2D eigenvalue weighted by molar-refractivity contribution is -0.148. The molecule has 0 spiro atoms. The van der Waals surface area contributed by atoms with Crippen LogP contribution in [0.25, 0.3) is 0 Å². The van der Waals surface area contributed by atoms with Gasteiger partial charge in [0.2, 0.25) is 5.91 Å². The number of nitrogens with zero attached hydrogens (tertiary/aromatic N) is 1. The summed E-state index contributed by atoms with van der Waals surface area (Å²) in [4.78, 5) is 25.0. The third kappa shape index (κ3) is 2.61. The molecule has 0 saturated carbocycles. The molecule has 2 unspecified atom stereocenters. The molecular formula is C14H18N2O3. The first-order valence-electron chi connectivity index (χ1n) is 6.32. The van der Waals surface area contributed by atoms with Crippen molar-refractivity contribution in [3.05, 3.63) is 35.4 Å². The minimum absolute atomic E-state index is 0.0540. The van der Waals surface area contributed by atoms with Crippen molar-refractivity contribution in [1.82, 2.24) is 4.90 Å². The topological polar surface area (TPSA) is 83.6 Å². The first-order chi connectivity index (χ1) is 9.04. The van der Waals surface area contributed by atoms with Gasteiger partial charge in [-0.1, -0.05) is 24.3 Å². The molecule has 0 aromatic heterocycles. The number of amides is 1. The van der Waals surface area contributed by atoms with E-state index in [1.807, 2.05) is 19.1 Å². The SMILES string of the molecule is Cc1ccccc1C(C(=O)O)N1CC(CN)CC1=O. The Morgan fingerprint density at radius 1 is 1.53 bits per heavy atom. The summed E-state index contributed by atoms with van der Waals surface area (Å²) < 4.78 is 0. The Morgan fingerprint density at radius 2 is 2.21 bits per heavy atom. The molecule has 2 rings (SSSR count). The van der Waals surface area contributed by atoms with E-state index >= 15 is 0 Å². The van der Waals surface area contributed by atoms with Gasteiger partial charge in [0.05, 0.1) is 0 Å². The minimum Gasteiger partial charge on any atom is -0.479 e. The molecule has 1 heterocycles. The van der Waals surface area contributed by atoms with E-state index in [1.165, 1.54) is 4.90 Å². The number of likely N-dealkylation sites (tertiary alicyclic amines) is 1. The maximum absolute atomic E-state index is 12.0. The highest BCUT2D eigenvalue weighted by Gasteiger charge is 2.38. The molecule has 0 aliphatic carbocycles. The molecule has 5 nitrogen and oxygen atoms in total. The van der Waals surface area contributed by atoms with Crippen LogP contribution in [0, 0.1) is 12.8 Å². The summed E-state index contributed by atoms with van der Waals surface area (Å²) >= 11 is 0. The van der Waals surface area contributed by atoms with Crippen LogP contribution in [-0.4, -0.2) is 35.0 Å². The molecule has 19 heavy (non-hydrogen) atoms. The second-order valence-corrected chi connectivity index (χ2v) is 4.95. The molecule has 1 aromatic carbocycles. The fraction of sp³-hybridized carbons (Fsp3) is 0.429. The average molecular weight is 262 g/mol. The molecule has 1 aliphatic rings. The van der Waals surface area contributed by atoms with Crippen LogP contribution in [0.15, 0.2) is 24.3 Å². The summed E-state index contributed by atoms with van der Waals surface area (Å²) in [5, 5.41) is 9.46. The molecular weight excluding hydrogens is 244 g/mol. The van der Waals surface area contributed by atoms with Gasteiger partial charge in [0, 0.05) is 13.0 Å². The Bertz CT molecular complexity index is 501. The Hall–Kier alpha value is -1.88. The molecule has 0 bridgehead atoms. The third-order valence-corrected chi connectivity index (χ3v) is 3.60. The number of aryl methyl sites for hydroxylation is 1. The van der Waals surface area contributed by atoms with E-state index in [9.17, 15) is 14.7 Å². The number of benzene rings is 1. The average Bonchev–Trinajstić information content (AvgIpc) is 2.73. The highest BCUT2D eigenvalue weighted by molar-refractivity contribution is 5.86. The summed E-state index contributed by atoms with van der Waals surface area (Å²) in [6.07, 6.45) is 0.339. The standard InChI is InChI=1S/C14H18N2O3/c1-9-4-2-3-5-11(9)13(14(18)19)16-8-10(7-15)6-12(16)17/h2-5,10,13H,6-8,15H2,1H3,(H,18,19). The Balaban J connectivity index is 2.35. The lowest BCUT2D eigenvalue weighted by Gasteiger charge is -2.26. The largest absolute Gasteiger partial charge is 0.479 e. The lowest BCUT2D eigenvalue weighted by Crippen LogP contribution is -2.36. The van der Waals surface area contributed by atoms with Gasteiger partial charge in [-0.25, -0.2) is 4.79 Å². The van der Waals surface area contributed by atoms with Crippen LogP contribution in [0.1, 0.15) is 23.6 Å². The van der Waals surface area contributed by atoms with E-state index in [0.717, 1.165) is 5.56 Å². The van der Waals surface area contributed by atoms with Crippen LogP contribution in [0.3, 0.4) is 0 Å². The molecule has 0 radical (unpaired) electrons. The molecule has 102 valence electrons. The number of carbonyl (C=O) groups is 2. The quantitative estimate of drug-likeness (QED) is 0.845. The molecule has 1 aliphatic heterocycles. The van der Waals surface area contributed by atoms with Crippen LogP contribution >= 0.6 is 0 Å². The fourth-order valence-electron chi connectivity index (χ4n) is 2.54. The minimum atomic E-state index is -1.000. The number of carboxylic acid groups (broad SMARTS) is 1. The predicted molar refractivity (Wildman–Crippen MR) is 70.4 cm³/mol. The highest BCUT2D eigenvalue weighted by Crippen LogP contribution is 2.30. The summed E-state index contributed by atoms with van der Waals surface area (Å²) in [7, 11) is 0. The van der Waals surface area contributed by atoms with Crippen LogP contribution in [-0.2, 0) is 9.59 Å². The number of carboxylic acids is 1. The zero-order valence-electron chi connectivity index (χ0n) is 10.9. The first-order valence-corrected chi connectivity index (χ1v) is 6.32. The van der Waals surface area contributed by atoms with Gasteiger partial charge in [-0.2, -0.15) is 0 Å². The van der Waals surface area contributed by atoms with Crippen molar-refractivity contribution in [3.8, 4) is 0 Å². The van der Waals surface area contributed by atoms with Crippen molar-refractivity contribution < 1.29 is 14.7 Å². The van der Waals surface area contributed by atoms with Gasteiger partial charge in [-0.3, -0.25) is 4.79 Å². The third-order valence-electron chi connectivity index (χ3n) is 3.60. The van der Waals surface area contributed by atoms with E-state index in [1.54, 1.807) is 12.1 Å². The first kappa shape index (κ1) is 13.5. The van der Waals surface area contributed by atoms with Gasteiger partial charge in [-0.05, 0) is 30.5 Å². The lowest BCUT2D eigenvalue weighted by atomic mass is 10.00.